The summed E-state index contributed by atoms with van der Waals surface area (Å²) in [5.74, 6) is 2.74. The van der Waals surface area contributed by atoms with Crippen LogP contribution in [0.1, 0.15) is 31.3 Å². The zero-order valence-corrected chi connectivity index (χ0v) is 23.9. The lowest BCUT2D eigenvalue weighted by molar-refractivity contribution is 0.114. The predicted molar refractivity (Wildman–Crippen MR) is 166 cm³/mol. The molecule has 1 aliphatic rings. The summed E-state index contributed by atoms with van der Waals surface area (Å²) in [6, 6.07) is 19.7. The second-order valence-corrected chi connectivity index (χ2v) is 10.3. The van der Waals surface area contributed by atoms with Gasteiger partial charge in [-0.1, -0.05) is 6.08 Å². The first-order valence-electron chi connectivity index (χ1n) is 14.2. The predicted octanol–water partition coefficient (Wildman–Crippen LogP) is 5.06. The van der Waals surface area contributed by atoms with Crippen molar-refractivity contribution >= 4 is 22.8 Å². The zero-order chi connectivity index (χ0) is 29.8. The molecule has 0 saturated carbocycles. The highest BCUT2D eigenvalue weighted by atomic mass is 16.5. The minimum atomic E-state index is -0.0964. The monoisotopic (exact) mass is 572 g/mol. The van der Waals surface area contributed by atoms with Crippen molar-refractivity contribution in [3.05, 3.63) is 85.5 Å². The van der Waals surface area contributed by atoms with Gasteiger partial charge >= 0.3 is 0 Å². The maximum atomic E-state index is 9.16. The fraction of sp³-hybridized carbons (Fsp3) is 0.250. The molecular weight excluding hydrogens is 540 g/mol. The van der Waals surface area contributed by atoms with Crippen LogP contribution in [0.15, 0.2) is 79.6 Å². The fourth-order valence-electron chi connectivity index (χ4n) is 5.59. The second-order valence-electron chi connectivity index (χ2n) is 10.3. The molecule has 0 bridgehead atoms. The summed E-state index contributed by atoms with van der Waals surface area (Å²) in [5.41, 5.74) is 10.5. The number of fused-ring (bicyclic) bond motifs is 1. The normalized spacial score (nSPS) is 14.7. The summed E-state index contributed by atoms with van der Waals surface area (Å²) in [6.45, 7) is 5.74. The number of hydrogen-bond acceptors (Lipinski definition) is 10. The van der Waals surface area contributed by atoms with Gasteiger partial charge in [-0.05, 0) is 73.9 Å². The zero-order valence-electron chi connectivity index (χ0n) is 23.9. The second kappa shape index (κ2) is 12.3. The number of nitrogens with two attached hydrogens (primary N) is 1. The summed E-state index contributed by atoms with van der Waals surface area (Å²) in [4.78, 5) is 25.2. The Balaban J connectivity index is 1.37. The van der Waals surface area contributed by atoms with Gasteiger partial charge in [0.25, 0.3) is 0 Å². The molecular formula is C32H32N10O. The number of likely N-dealkylation sites (tertiary alicyclic amines) is 1. The number of nitriles is 1. The number of ether oxygens (including phenoxy) is 1. The maximum Gasteiger partial charge on any atom is 0.234 e. The van der Waals surface area contributed by atoms with E-state index >= 15 is 0 Å². The highest BCUT2D eigenvalue weighted by Crippen LogP contribution is 2.35. The molecule has 6 rings (SSSR count). The van der Waals surface area contributed by atoms with Crippen molar-refractivity contribution in [1.82, 2.24) is 34.4 Å². The smallest absolute Gasteiger partial charge is 0.234 e. The summed E-state index contributed by atoms with van der Waals surface area (Å²) < 4.78 is 7.53. The Morgan fingerprint density at radius 2 is 1.88 bits per heavy atom. The van der Waals surface area contributed by atoms with E-state index in [9.17, 15) is 0 Å². The number of nitrogens with one attached hydrogen (secondary N) is 1. The lowest BCUT2D eigenvalue weighted by atomic mass is 10.0. The van der Waals surface area contributed by atoms with Crippen LogP contribution in [0.4, 0.5) is 11.6 Å². The molecule has 1 aliphatic heterocycles. The molecule has 0 spiro atoms. The number of rotatable bonds is 9. The molecule has 1 atom stereocenters. The number of aromatic nitrogens is 6. The van der Waals surface area contributed by atoms with Gasteiger partial charge in [-0.3, -0.25) is 9.47 Å². The molecule has 5 aromatic rings. The largest absolute Gasteiger partial charge is 0.497 e. The Kier molecular flexibility index (Phi) is 7.93. The molecule has 1 saturated heterocycles. The first-order valence-corrected chi connectivity index (χ1v) is 14.2. The van der Waals surface area contributed by atoms with E-state index in [1.54, 1.807) is 25.6 Å². The molecule has 1 unspecified atom stereocenters. The van der Waals surface area contributed by atoms with Crippen LogP contribution in [-0.2, 0) is 0 Å². The number of methoxy groups -OCH3 is 1. The number of pyridine rings is 2. The van der Waals surface area contributed by atoms with E-state index in [4.69, 9.17) is 25.7 Å². The molecule has 0 amide bonds. The Morgan fingerprint density at radius 1 is 1.07 bits per heavy atom. The van der Waals surface area contributed by atoms with Gasteiger partial charge in [0, 0.05) is 37.1 Å². The third-order valence-corrected chi connectivity index (χ3v) is 7.74. The standard InChI is InChI=1S/C32H32N10O/c1-3-5-29(41-18-14-22(15-19-41)37-27-13-17-35-28(20-33)40-27)42-31(24-6-4-16-36-30(24)34)39-26-12-11-25(38-32(26)42)21-7-9-23(43-2)10-8-21/h3-4,6-13,16-17,22,29H,1,5,14-15,18-19H2,2H3,(H2,34,36)(H,35,37,40). The number of nitrogen functional groups attached to an aromatic ring is 1. The van der Waals surface area contributed by atoms with Crippen LogP contribution in [0.2, 0.25) is 0 Å². The first kappa shape index (κ1) is 27.8. The van der Waals surface area contributed by atoms with E-state index in [0.717, 1.165) is 65.5 Å². The third kappa shape index (κ3) is 5.73. The molecule has 11 heteroatoms. The summed E-state index contributed by atoms with van der Waals surface area (Å²) in [6.07, 6.45) is 7.59. The Labute approximate surface area is 249 Å². The number of anilines is 2. The van der Waals surface area contributed by atoms with Gasteiger partial charge in [0.05, 0.1) is 24.5 Å². The molecule has 1 aromatic carbocycles. The average molecular weight is 573 g/mol. The van der Waals surface area contributed by atoms with Crippen molar-refractivity contribution in [3.63, 3.8) is 0 Å². The highest BCUT2D eigenvalue weighted by Gasteiger charge is 2.30. The van der Waals surface area contributed by atoms with Crippen molar-refractivity contribution in [2.24, 2.45) is 0 Å². The van der Waals surface area contributed by atoms with Gasteiger partial charge < -0.3 is 15.8 Å². The average Bonchev–Trinajstić information content (AvgIpc) is 3.42. The molecule has 43 heavy (non-hydrogen) atoms. The van der Waals surface area contributed by atoms with E-state index in [1.807, 2.05) is 60.7 Å². The fourth-order valence-corrected chi connectivity index (χ4v) is 5.59. The third-order valence-electron chi connectivity index (χ3n) is 7.74. The van der Waals surface area contributed by atoms with Crippen LogP contribution < -0.4 is 15.8 Å². The summed E-state index contributed by atoms with van der Waals surface area (Å²) in [5, 5.41) is 12.6. The van der Waals surface area contributed by atoms with Crippen LogP contribution in [0.3, 0.4) is 0 Å². The van der Waals surface area contributed by atoms with Crippen LogP contribution in [0, 0.1) is 11.3 Å². The van der Waals surface area contributed by atoms with E-state index in [1.165, 1.54) is 0 Å². The van der Waals surface area contributed by atoms with Gasteiger partial charge in [0.1, 0.15) is 34.8 Å². The number of piperidine rings is 1. The molecule has 0 radical (unpaired) electrons. The molecule has 3 N–H and O–H groups in total. The van der Waals surface area contributed by atoms with Gasteiger partial charge in [-0.15, -0.1) is 6.58 Å². The van der Waals surface area contributed by atoms with Crippen molar-refractivity contribution in [2.45, 2.75) is 31.5 Å². The van der Waals surface area contributed by atoms with E-state index < -0.39 is 0 Å². The molecule has 4 aromatic heterocycles. The topological polar surface area (TPSA) is 144 Å². The number of hydrogen-bond donors (Lipinski definition) is 2. The van der Waals surface area contributed by atoms with Crippen molar-refractivity contribution in [1.29, 1.82) is 5.26 Å². The van der Waals surface area contributed by atoms with Crippen molar-refractivity contribution in [2.75, 3.05) is 31.2 Å². The van der Waals surface area contributed by atoms with E-state index in [0.29, 0.717) is 18.1 Å². The minimum absolute atomic E-state index is 0.0964. The molecule has 0 aliphatic carbocycles. The Hall–Kier alpha value is -5.34. The summed E-state index contributed by atoms with van der Waals surface area (Å²) in [7, 11) is 1.66. The van der Waals surface area contributed by atoms with Gasteiger partial charge in [-0.2, -0.15) is 5.26 Å². The Morgan fingerprint density at radius 3 is 2.60 bits per heavy atom. The summed E-state index contributed by atoms with van der Waals surface area (Å²) >= 11 is 0. The van der Waals surface area contributed by atoms with Gasteiger partial charge in [-0.25, -0.2) is 24.9 Å². The number of nitrogens with zero attached hydrogens (tertiary/aromatic N) is 8. The lowest BCUT2D eigenvalue weighted by Gasteiger charge is -2.38. The van der Waals surface area contributed by atoms with E-state index in [-0.39, 0.29) is 18.0 Å². The molecule has 1 fully saturated rings. The lowest BCUT2D eigenvalue weighted by Crippen LogP contribution is -2.43. The maximum absolute atomic E-state index is 9.16. The van der Waals surface area contributed by atoms with Crippen molar-refractivity contribution in [3.8, 4) is 34.5 Å². The van der Waals surface area contributed by atoms with Crippen LogP contribution >= 0.6 is 0 Å². The SMILES string of the molecule is C=CCC(N1CCC(Nc2ccnc(C#N)n2)CC1)n1c(-c2cccnc2N)nc2ccc(-c3ccc(OC)cc3)nc21. The first-order chi connectivity index (χ1) is 21.1. The molecule has 5 heterocycles. The number of imidazole rings is 1. The van der Waals surface area contributed by atoms with Crippen molar-refractivity contribution < 1.29 is 4.74 Å². The Bertz CT molecular complexity index is 1780. The van der Waals surface area contributed by atoms with Crippen LogP contribution in [-0.4, -0.2) is 60.6 Å². The quantitative estimate of drug-likeness (QED) is 0.230. The number of benzene rings is 1. The molecule has 11 nitrogen and oxygen atoms in total. The minimum Gasteiger partial charge on any atom is -0.497 e. The van der Waals surface area contributed by atoms with Gasteiger partial charge in [0.15, 0.2) is 5.65 Å². The molecule has 216 valence electrons. The van der Waals surface area contributed by atoms with E-state index in [2.05, 4.69) is 36.3 Å². The van der Waals surface area contributed by atoms with Crippen LogP contribution in [0.25, 0.3) is 33.8 Å². The van der Waals surface area contributed by atoms with Crippen LogP contribution in [0.5, 0.6) is 5.75 Å². The highest BCUT2D eigenvalue weighted by molar-refractivity contribution is 5.82. The van der Waals surface area contributed by atoms with Gasteiger partial charge in [0.2, 0.25) is 5.82 Å².